The summed E-state index contributed by atoms with van der Waals surface area (Å²) in [6.45, 7) is 0. The molecule has 23 heavy (non-hydrogen) atoms. The van der Waals surface area contributed by atoms with Crippen molar-refractivity contribution in [2.24, 2.45) is 0 Å². The second-order valence-electron chi connectivity index (χ2n) is 3.93. The van der Waals surface area contributed by atoms with Gasteiger partial charge in [0.15, 0.2) is 0 Å². The van der Waals surface area contributed by atoms with Crippen LogP contribution in [0.25, 0.3) is 0 Å². The molecule has 2 aromatic heterocycles. The van der Waals surface area contributed by atoms with Crippen LogP contribution in [0.1, 0.15) is 10.4 Å². The highest BCUT2D eigenvalue weighted by Crippen LogP contribution is 2.25. The van der Waals surface area contributed by atoms with E-state index in [4.69, 9.17) is 11.6 Å². The van der Waals surface area contributed by atoms with Crippen LogP contribution >= 0.6 is 22.9 Å². The molecule has 0 radical (unpaired) electrons. The van der Waals surface area contributed by atoms with Gasteiger partial charge in [0.2, 0.25) is 5.88 Å². The number of pyridine rings is 1. The normalized spacial score (nSPS) is 10.9. The standard InChI is InChI=1S/C12H9ClN2O6S2/c1-20-12(17)21-9-4-2-7(6-14-9)11(16)15-23(18,19)10-5-3-8(13)22-10/h2-6H,1H3,(H,15,16). The summed E-state index contributed by atoms with van der Waals surface area (Å²) in [5.74, 6) is -0.979. The summed E-state index contributed by atoms with van der Waals surface area (Å²) in [5, 5.41) is 0. The number of amides is 1. The van der Waals surface area contributed by atoms with Crippen LogP contribution < -0.4 is 9.46 Å². The van der Waals surface area contributed by atoms with Crippen LogP contribution in [0.15, 0.2) is 34.7 Å². The molecule has 1 amide bonds. The first-order valence-electron chi connectivity index (χ1n) is 5.86. The molecule has 0 aliphatic carbocycles. The minimum atomic E-state index is -4.02. The van der Waals surface area contributed by atoms with Crippen LogP contribution in [0.3, 0.4) is 0 Å². The lowest BCUT2D eigenvalue weighted by Crippen LogP contribution is -2.30. The van der Waals surface area contributed by atoms with Crippen LogP contribution in [-0.4, -0.2) is 32.6 Å². The quantitative estimate of drug-likeness (QED) is 0.812. The van der Waals surface area contributed by atoms with Gasteiger partial charge in [-0.25, -0.2) is 22.9 Å². The van der Waals surface area contributed by atoms with Gasteiger partial charge in [-0.15, -0.1) is 11.3 Å². The fraction of sp³-hybridized carbons (Fsp3) is 0.0833. The third-order valence-corrected chi connectivity index (χ3v) is 5.45. The number of hydrogen-bond donors (Lipinski definition) is 1. The molecule has 0 atom stereocenters. The summed E-state index contributed by atoms with van der Waals surface area (Å²) < 4.78 is 35.0. The molecule has 0 saturated carbocycles. The number of thiophene rings is 1. The van der Waals surface area contributed by atoms with E-state index in [2.05, 4.69) is 14.5 Å². The molecule has 0 spiro atoms. The summed E-state index contributed by atoms with van der Waals surface area (Å²) in [5.41, 5.74) is -0.0338. The van der Waals surface area contributed by atoms with E-state index in [9.17, 15) is 18.0 Å². The minimum absolute atomic E-state index is 0.0338. The number of carbonyl (C=O) groups is 2. The molecule has 1 N–H and O–H groups in total. The fourth-order valence-corrected chi connectivity index (χ4v) is 3.83. The maximum Gasteiger partial charge on any atom is 0.514 e. The smallest absolute Gasteiger partial charge is 0.437 e. The molecule has 11 heteroatoms. The lowest BCUT2D eigenvalue weighted by atomic mass is 10.3. The number of hydrogen-bond acceptors (Lipinski definition) is 8. The highest BCUT2D eigenvalue weighted by atomic mass is 35.5. The number of nitrogens with one attached hydrogen (secondary N) is 1. The van der Waals surface area contributed by atoms with Gasteiger partial charge in [0.25, 0.3) is 15.9 Å². The Labute approximate surface area is 140 Å². The third kappa shape index (κ3) is 4.41. The van der Waals surface area contributed by atoms with Crippen molar-refractivity contribution in [3.8, 4) is 5.88 Å². The first-order valence-corrected chi connectivity index (χ1v) is 8.54. The maximum absolute atomic E-state index is 12.0. The Morgan fingerprint density at radius 1 is 1.26 bits per heavy atom. The largest absolute Gasteiger partial charge is 0.514 e. The Balaban J connectivity index is 2.10. The lowest BCUT2D eigenvalue weighted by molar-refractivity contribution is 0.0981. The van der Waals surface area contributed by atoms with Gasteiger partial charge in [-0.3, -0.25) is 4.79 Å². The van der Waals surface area contributed by atoms with Crippen LogP contribution in [0, 0.1) is 0 Å². The Bertz CT molecular complexity index is 831. The second kappa shape index (κ2) is 6.94. The molecule has 0 fully saturated rings. The zero-order valence-corrected chi connectivity index (χ0v) is 13.9. The summed E-state index contributed by atoms with van der Waals surface area (Å²) >= 11 is 6.49. The number of nitrogens with zero attached hydrogens (tertiary/aromatic N) is 1. The average molecular weight is 377 g/mol. The van der Waals surface area contributed by atoms with Gasteiger partial charge >= 0.3 is 6.16 Å². The van der Waals surface area contributed by atoms with Crippen molar-refractivity contribution in [1.29, 1.82) is 0 Å². The highest BCUT2D eigenvalue weighted by Gasteiger charge is 2.21. The molecule has 0 aliphatic heterocycles. The predicted molar refractivity (Wildman–Crippen MR) is 81.3 cm³/mol. The van der Waals surface area contributed by atoms with Crippen LogP contribution in [-0.2, 0) is 14.8 Å². The number of ether oxygens (including phenoxy) is 2. The molecular weight excluding hydrogens is 368 g/mol. The Kier molecular flexibility index (Phi) is 5.19. The Morgan fingerprint density at radius 2 is 2.00 bits per heavy atom. The summed E-state index contributed by atoms with van der Waals surface area (Å²) in [7, 11) is -2.89. The number of aromatic nitrogens is 1. The van der Waals surface area contributed by atoms with Crippen molar-refractivity contribution in [2.75, 3.05) is 7.11 Å². The van der Waals surface area contributed by atoms with E-state index in [1.165, 1.54) is 24.3 Å². The summed E-state index contributed by atoms with van der Waals surface area (Å²) in [4.78, 5) is 26.5. The van der Waals surface area contributed by atoms with E-state index in [1.54, 1.807) is 0 Å². The number of methoxy groups -OCH3 is 1. The van der Waals surface area contributed by atoms with Gasteiger partial charge in [-0.2, -0.15) is 0 Å². The Morgan fingerprint density at radius 3 is 2.52 bits per heavy atom. The van der Waals surface area contributed by atoms with Gasteiger partial charge in [-0.05, 0) is 18.2 Å². The molecule has 0 saturated heterocycles. The zero-order valence-electron chi connectivity index (χ0n) is 11.5. The molecule has 2 rings (SSSR count). The van der Waals surface area contributed by atoms with E-state index in [1.807, 2.05) is 4.72 Å². The van der Waals surface area contributed by atoms with Crippen molar-refractivity contribution in [3.05, 3.63) is 40.4 Å². The van der Waals surface area contributed by atoms with Crippen molar-refractivity contribution >= 4 is 45.0 Å². The SMILES string of the molecule is COC(=O)Oc1ccc(C(=O)NS(=O)(=O)c2ccc(Cl)s2)cn1. The summed E-state index contributed by atoms with van der Waals surface area (Å²) in [6, 6.07) is 5.16. The van der Waals surface area contributed by atoms with Gasteiger partial charge in [-0.1, -0.05) is 11.6 Å². The van der Waals surface area contributed by atoms with Crippen LogP contribution in [0.5, 0.6) is 5.88 Å². The molecule has 0 aromatic carbocycles. The van der Waals surface area contributed by atoms with Crippen molar-refractivity contribution in [3.63, 3.8) is 0 Å². The van der Waals surface area contributed by atoms with Gasteiger partial charge in [0, 0.05) is 12.3 Å². The average Bonchev–Trinajstić information content (AvgIpc) is 2.95. The van der Waals surface area contributed by atoms with Crippen LogP contribution in [0.4, 0.5) is 4.79 Å². The number of carbonyl (C=O) groups excluding carboxylic acids is 2. The third-order valence-electron chi connectivity index (χ3n) is 2.39. The van der Waals surface area contributed by atoms with E-state index in [0.29, 0.717) is 0 Å². The molecule has 2 heterocycles. The lowest BCUT2D eigenvalue weighted by Gasteiger charge is -2.05. The molecule has 0 unspecified atom stereocenters. The maximum atomic E-state index is 12.0. The van der Waals surface area contributed by atoms with E-state index in [0.717, 1.165) is 24.6 Å². The Hall–Kier alpha value is -2.17. The van der Waals surface area contributed by atoms with Crippen molar-refractivity contribution in [1.82, 2.24) is 9.71 Å². The van der Waals surface area contributed by atoms with Crippen LogP contribution in [0.2, 0.25) is 4.34 Å². The number of sulfonamides is 1. The van der Waals surface area contributed by atoms with Gasteiger partial charge in [0.1, 0.15) is 4.21 Å². The number of halogens is 1. The topological polar surface area (TPSA) is 112 Å². The molecule has 0 aliphatic rings. The predicted octanol–water partition coefficient (Wildman–Crippen LogP) is 2.06. The summed E-state index contributed by atoms with van der Waals surface area (Å²) in [6.07, 6.45) is 0.0942. The molecule has 0 bridgehead atoms. The molecular formula is C12H9ClN2O6S2. The highest BCUT2D eigenvalue weighted by molar-refractivity contribution is 7.92. The van der Waals surface area contributed by atoms with Crippen molar-refractivity contribution in [2.45, 2.75) is 4.21 Å². The monoisotopic (exact) mass is 376 g/mol. The molecule has 8 nitrogen and oxygen atoms in total. The first-order chi connectivity index (χ1) is 10.8. The van der Waals surface area contributed by atoms with Crippen molar-refractivity contribution < 1.29 is 27.5 Å². The zero-order chi connectivity index (χ0) is 17.0. The van der Waals surface area contributed by atoms with Gasteiger partial charge < -0.3 is 9.47 Å². The first kappa shape index (κ1) is 17.2. The van der Waals surface area contributed by atoms with E-state index < -0.39 is 22.1 Å². The molecule has 122 valence electrons. The second-order valence-corrected chi connectivity index (χ2v) is 7.56. The van der Waals surface area contributed by atoms with E-state index in [-0.39, 0.29) is 20.0 Å². The number of rotatable bonds is 4. The molecule has 2 aromatic rings. The minimum Gasteiger partial charge on any atom is -0.437 e. The van der Waals surface area contributed by atoms with Gasteiger partial charge in [0.05, 0.1) is 17.0 Å². The van der Waals surface area contributed by atoms with E-state index >= 15 is 0 Å². The fourth-order valence-electron chi connectivity index (χ4n) is 1.38.